The van der Waals surface area contributed by atoms with Gasteiger partial charge in [0.05, 0.1) is 13.1 Å². The van der Waals surface area contributed by atoms with Crippen LogP contribution in [-0.2, 0) is 16.0 Å². The van der Waals surface area contributed by atoms with Crippen LogP contribution in [0.5, 0.6) is 0 Å². The predicted octanol–water partition coefficient (Wildman–Crippen LogP) is 2.72. The summed E-state index contributed by atoms with van der Waals surface area (Å²) in [5.41, 5.74) is 1.50. The highest BCUT2D eigenvalue weighted by atomic mass is 19.1. The molecule has 1 heterocycles. The molecule has 0 aliphatic carbocycles. The second-order valence-corrected chi connectivity index (χ2v) is 7.26. The van der Waals surface area contributed by atoms with E-state index < -0.39 is 23.2 Å². The molecule has 2 aromatic carbocycles. The van der Waals surface area contributed by atoms with Crippen molar-refractivity contribution in [2.75, 3.05) is 49.9 Å². The van der Waals surface area contributed by atoms with E-state index in [2.05, 4.69) is 10.6 Å². The summed E-state index contributed by atoms with van der Waals surface area (Å²) in [6, 6.07) is 11.2. The third-order valence-electron chi connectivity index (χ3n) is 5.10. The Labute approximate surface area is 174 Å². The van der Waals surface area contributed by atoms with E-state index in [-0.39, 0.29) is 19.0 Å². The normalized spacial score (nSPS) is 15.0. The van der Waals surface area contributed by atoms with E-state index in [1.807, 2.05) is 41.0 Å². The zero-order chi connectivity index (χ0) is 21.5. The number of rotatable bonds is 7. The highest BCUT2D eigenvalue weighted by Crippen LogP contribution is 2.18. The maximum Gasteiger partial charge on any atom is 0.238 e. The van der Waals surface area contributed by atoms with Crippen molar-refractivity contribution in [1.29, 1.82) is 0 Å². The average Bonchev–Trinajstić information content (AvgIpc) is 2.72. The van der Waals surface area contributed by atoms with Crippen molar-refractivity contribution in [3.63, 3.8) is 0 Å². The van der Waals surface area contributed by atoms with Gasteiger partial charge in [-0.2, -0.15) is 0 Å². The molecule has 2 aromatic rings. The van der Waals surface area contributed by atoms with Gasteiger partial charge in [0.15, 0.2) is 0 Å². The number of piperazine rings is 1. The van der Waals surface area contributed by atoms with Crippen molar-refractivity contribution in [3.8, 4) is 0 Å². The van der Waals surface area contributed by atoms with Gasteiger partial charge >= 0.3 is 0 Å². The number of amides is 2. The lowest BCUT2D eigenvalue weighted by molar-refractivity contribution is -0.120. The molecule has 8 heteroatoms. The summed E-state index contributed by atoms with van der Waals surface area (Å²) in [4.78, 5) is 28.4. The largest absolute Gasteiger partial charge is 0.325 e. The fourth-order valence-corrected chi connectivity index (χ4v) is 3.45. The first-order valence-corrected chi connectivity index (χ1v) is 10.0. The molecule has 2 N–H and O–H groups in total. The Balaban J connectivity index is 1.43. The molecule has 1 saturated heterocycles. The molecule has 0 atom stereocenters. The molecule has 0 saturated carbocycles. The Morgan fingerprint density at radius 3 is 1.93 bits per heavy atom. The minimum atomic E-state index is -0.802. The molecule has 1 fully saturated rings. The zero-order valence-electron chi connectivity index (χ0n) is 17.0. The molecule has 3 rings (SSSR count). The Kier molecular flexibility index (Phi) is 7.48. The van der Waals surface area contributed by atoms with E-state index in [9.17, 15) is 18.4 Å². The number of halogens is 2. The van der Waals surface area contributed by atoms with Crippen molar-refractivity contribution in [2.24, 2.45) is 0 Å². The van der Waals surface area contributed by atoms with Gasteiger partial charge < -0.3 is 10.6 Å². The molecule has 0 radical (unpaired) electrons. The van der Waals surface area contributed by atoms with Gasteiger partial charge in [-0.15, -0.1) is 0 Å². The number of carbonyl (C=O) groups is 2. The number of aryl methyl sites for hydroxylation is 1. The van der Waals surface area contributed by atoms with Crippen molar-refractivity contribution < 1.29 is 18.4 Å². The first kappa shape index (κ1) is 21.9. The summed E-state index contributed by atoms with van der Waals surface area (Å²) in [6.45, 7) is 4.80. The van der Waals surface area contributed by atoms with Gasteiger partial charge in [-0.1, -0.05) is 31.2 Å². The SMILES string of the molecule is CCc1ccccc1NC(=O)CN1CCN(CC(=O)Nc2c(F)cccc2F)CC1. The lowest BCUT2D eigenvalue weighted by Gasteiger charge is -2.33. The Bertz CT molecular complexity index is 878. The number of hydrogen-bond donors (Lipinski definition) is 2. The van der Waals surface area contributed by atoms with Crippen LogP contribution < -0.4 is 10.6 Å². The average molecular weight is 416 g/mol. The summed E-state index contributed by atoms with van der Waals surface area (Å²) < 4.78 is 27.3. The third kappa shape index (κ3) is 5.84. The molecule has 0 spiro atoms. The number of para-hydroxylation sites is 2. The summed E-state index contributed by atoms with van der Waals surface area (Å²) in [5, 5.41) is 5.26. The summed E-state index contributed by atoms with van der Waals surface area (Å²) in [6.07, 6.45) is 0.841. The molecule has 2 amide bonds. The van der Waals surface area contributed by atoms with E-state index in [0.29, 0.717) is 26.2 Å². The van der Waals surface area contributed by atoms with Crippen LogP contribution in [0.4, 0.5) is 20.2 Å². The lowest BCUT2D eigenvalue weighted by Crippen LogP contribution is -2.50. The molecule has 1 aliphatic heterocycles. The van der Waals surface area contributed by atoms with Gasteiger partial charge in [0.25, 0.3) is 0 Å². The monoisotopic (exact) mass is 416 g/mol. The molecule has 0 unspecified atom stereocenters. The van der Waals surface area contributed by atoms with Gasteiger partial charge in [-0.25, -0.2) is 8.78 Å². The van der Waals surface area contributed by atoms with Crippen LogP contribution in [0.1, 0.15) is 12.5 Å². The summed E-state index contributed by atoms with van der Waals surface area (Å²) >= 11 is 0. The summed E-state index contributed by atoms with van der Waals surface area (Å²) in [7, 11) is 0. The van der Waals surface area contributed by atoms with Crippen LogP contribution >= 0.6 is 0 Å². The minimum Gasteiger partial charge on any atom is -0.325 e. The highest BCUT2D eigenvalue weighted by Gasteiger charge is 2.21. The number of anilines is 2. The van der Waals surface area contributed by atoms with Crippen molar-refractivity contribution >= 4 is 23.2 Å². The van der Waals surface area contributed by atoms with Crippen LogP contribution in [0.15, 0.2) is 42.5 Å². The highest BCUT2D eigenvalue weighted by molar-refractivity contribution is 5.93. The number of hydrogen-bond acceptors (Lipinski definition) is 4. The van der Waals surface area contributed by atoms with Crippen LogP contribution in [0.25, 0.3) is 0 Å². The van der Waals surface area contributed by atoms with Crippen LogP contribution in [-0.4, -0.2) is 60.9 Å². The first-order chi connectivity index (χ1) is 14.5. The minimum absolute atomic E-state index is 0.0394. The Morgan fingerprint density at radius 1 is 0.833 bits per heavy atom. The van der Waals surface area contributed by atoms with Gasteiger partial charge in [-0.3, -0.25) is 19.4 Å². The Hall–Kier alpha value is -2.84. The molecular weight excluding hydrogens is 390 g/mol. The standard InChI is InChI=1S/C22H26F2N4O2/c1-2-16-6-3-4-9-19(16)25-20(29)14-27-10-12-28(13-11-27)15-21(30)26-22-17(23)7-5-8-18(22)24/h3-9H,2,10-15H2,1H3,(H,25,29)(H,26,30). The fourth-order valence-electron chi connectivity index (χ4n) is 3.45. The second kappa shape index (κ2) is 10.3. The van der Waals surface area contributed by atoms with Crippen LogP contribution in [0.3, 0.4) is 0 Å². The summed E-state index contributed by atoms with van der Waals surface area (Å²) in [5.74, 6) is -2.15. The van der Waals surface area contributed by atoms with Gasteiger partial charge in [0.2, 0.25) is 11.8 Å². The number of nitrogens with zero attached hydrogens (tertiary/aromatic N) is 2. The molecule has 6 nitrogen and oxygen atoms in total. The van der Waals surface area contributed by atoms with E-state index in [1.165, 1.54) is 6.07 Å². The van der Waals surface area contributed by atoms with Gasteiger partial charge in [-0.05, 0) is 30.2 Å². The molecule has 30 heavy (non-hydrogen) atoms. The molecule has 1 aliphatic rings. The smallest absolute Gasteiger partial charge is 0.238 e. The maximum absolute atomic E-state index is 13.7. The molecule has 0 bridgehead atoms. The topological polar surface area (TPSA) is 64.7 Å². The number of benzene rings is 2. The van der Waals surface area contributed by atoms with Gasteiger partial charge in [0.1, 0.15) is 17.3 Å². The van der Waals surface area contributed by atoms with Crippen LogP contribution in [0, 0.1) is 11.6 Å². The zero-order valence-corrected chi connectivity index (χ0v) is 17.0. The molecule has 160 valence electrons. The van der Waals surface area contributed by atoms with Gasteiger partial charge in [0, 0.05) is 31.9 Å². The predicted molar refractivity (Wildman–Crippen MR) is 112 cm³/mol. The molecular formula is C22H26F2N4O2. The number of carbonyl (C=O) groups excluding carboxylic acids is 2. The van der Waals surface area contributed by atoms with Crippen molar-refractivity contribution in [3.05, 3.63) is 59.7 Å². The van der Waals surface area contributed by atoms with E-state index >= 15 is 0 Å². The number of nitrogens with one attached hydrogen (secondary N) is 2. The van der Waals surface area contributed by atoms with Crippen molar-refractivity contribution in [1.82, 2.24) is 9.80 Å². The molecule has 0 aromatic heterocycles. The lowest BCUT2D eigenvalue weighted by atomic mass is 10.1. The fraction of sp³-hybridized carbons (Fsp3) is 0.364. The first-order valence-electron chi connectivity index (χ1n) is 10.0. The Morgan fingerprint density at radius 2 is 1.37 bits per heavy atom. The maximum atomic E-state index is 13.7. The van der Waals surface area contributed by atoms with E-state index in [0.717, 1.165) is 29.8 Å². The quantitative estimate of drug-likeness (QED) is 0.729. The van der Waals surface area contributed by atoms with Crippen molar-refractivity contribution in [2.45, 2.75) is 13.3 Å². The second-order valence-electron chi connectivity index (χ2n) is 7.26. The van der Waals surface area contributed by atoms with E-state index in [1.54, 1.807) is 0 Å². The van der Waals surface area contributed by atoms with E-state index in [4.69, 9.17) is 0 Å². The van der Waals surface area contributed by atoms with Crippen LogP contribution in [0.2, 0.25) is 0 Å². The third-order valence-corrected chi connectivity index (χ3v) is 5.10.